The zero-order valence-corrected chi connectivity index (χ0v) is 10.6. The van der Waals surface area contributed by atoms with Crippen molar-refractivity contribution < 1.29 is 0 Å². The average Bonchev–Trinajstić information content (AvgIpc) is 2.94. The standard InChI is InChI=1S/C15H22N2/c1-11-5-6-14(9-11)17-10-13-4-2-3-12-7-8-16-15(12)13/h2-4,11,14,16-17H,5-10H2,1H3. The van der Waals surface area contributed by atoms with Gasteiger partial charge in [-0.2, -0.15) is 0 Å². The number of rotatable bonds is 3. The molecule has 0 bridgehead atoms. The van der Waals surface area contributed by atoms with Gasteiger partial charge in [0.1, 0.15) is 0 Å². The van der Waals surface area contributed by atoms with Crippen molar-refractivity contribution in [3.8, 4) is 0 Å². The van der Waals surface area contributed by atoms with Crippen LogP contribution in [0, 0.1) is 5.92 Å². The molecule has 1 aliphatic carbocycles. The first-order valence-electron chi connectivity index (χ1n) is 6.91. The molecule has 0 spiro atoms. The fourth-order valence-corrected chi connectivity index (χ4v) is 3.20. The predicted molar refractivity (Wildman–Crippen MR) is 72.3 cm³/mol. The van der Waals surface area contributed by atoms with Crippen LogP contribution in [0.3, 0.4) is 0 Å². The minimum Gasteiger partial charge on any atom is -0.384 e. The minimum atomic E-state index is 0.738. The Bertz CT molecular complexity index is 400. The molecule has 1 fully saturated rings. The Morgan fingerprint density at radius 1 is 1.35 bits per heavy atom. The van der Waals surface area contributed by atoms with E-state index in [1.807, 2.05) is 0 Å². The van der Waals surface area contributed by atoms with Gasteiger partial charge in [-0.05, 0) is 42.7 Å². The molecular formula is C15H22N2. The summed E-state index contributed by atoms with van der Waals surface area (Å²) in [6, 6.07) is 7.43. The van der Waals surface area contributed by atoms with Crippen molar-refractivity contribution in [3.63, 3.8) is 0 Å². The SMILES string of the molecule is CC1CCC(NCc2cccc3c2NCC3)C1. The molecule has 2 N–H and O–H groups in total. The molecule has 0 saturated heterocycles. The van der Waals surface area contributed by atoms with Gasteiger partial charge >= 0.3 is 0 Å². The maximum absolute atomic E-state index is 3.72. The number of anilines is 1. The molecule has 2 heteroatoms. The Balaban J connectivity index is 1.64. The third-order valence-corrected chi connectivity index (χ3v) is 4.21. The van der Waals surface area contributed by atoms with Crippen molar-refractivity contribution in [2.24, 2.45) is 5.92 Å². The Kier molecular flexibility index (Phi) is 3.06. The van der Waals surface area contributed by atoms with Crippen LogP contribution < -0.4 is 10.6 Å². The summed E-state index contributed by atoms with van der Waals surface area (Å²) in [6.07, 6.45) is 5.28. The molecule has 0 amide bonds. The molecule has 1 aliphatic heterocycles. The van der Waals surface area contributed by atoms with Crippen LogP contribution in [-0.4, -0.2) is 12.6 Å². The third kappa shape index (κ3) is 2.32. The van der Waals surface area contributed by atoms with Gasteiger partial charge in [0.05, 0.1) is 0 Å². The van der Waals surface area contributed by atoms with Gasteiger partial charge in [0.15, 0.2) is 0 Å². The number of para-hydroxylation sites is 1. The lowest BCUT2D eigenvalue weighted by atomic mass is 10.1. The molecule has 3 rings (SSSR count). The van der Waals surface area contributed by atoms with Gasteiger partial charge in [-0.15, -0.1) is 0 Å². The molecule has 1 aromatic rings. The fourth-order valence-electron chi connectivity index (χ4n) is 3.20. The summed E-state index contributed by atoms with van der Waals surface area (Å²) in [7, 11) is 0. The van der Waals surface area contributed by atoms with Crippen LogP contribution in [-0.2, 0) is 13.0 Å². The van der Waals surface area contributed by atoms with Crippen LogP contribution in [0.4, 0.5) is 5.69 Å². The molecule has 1 saturated carbocycles. The van der Waals surface area contributed by atoms with Crippen LogP contribution in [0.2, 0.25) is 0 Å². The summed E-state index contributed by atoms with van der Waals surface area (Å²) in [5, 5.41) is 7.23. The highest BCUT2D eigenvalue weighted by Gasteiger charge is 2.21. The van der Waals surface area contributed by atoms with Gasteiger partial charge in [-0.1, -0.05) is 25.1 Å². The highest BCUT2D eigenvalue weighted by Crippen LogP contribution is 2.28. The van der Waals surface area contributed by atoms with E-state index < -0.39 is 0 Å². The lowest BCUT2D eigenvalue weighted by Crippen LogP contribution is -2.26. The van der Waals surface area contributed by atoms with Crippen LogP contribution in [0.15, 0.2) is 18.2 Å². The van der Waals surface area contributed by atoms with Crippen molar-refractivity contribution in [1.29, 1.82) is 0 Å². The van der Waals surface area contributed by atoms with E-state index in [9.17, 15) is 0 Å². The van der Waals surface area contributed by atoms with Crippen molar-refractivity contribution in [3.05, 3.63) is 29.3 Å². The van der Waals surface area contributed by atoms with Crippen molar-refractivity contribution in [1.82, 2.24) is 5.32 Å². The first kappa shape index (κ1) is 11.1. The van der Waals surface area contributed by atoms with E-state index in [-0.39, 0.29) is 0 Å². The van der Waals surface area contributed by atoms with Gasteiger partial charge in [0.2, 0.25) is 0 Å². The first-order valence-corrected chi connectivity index (χ1v) is 6.91. The molecule has 2 aliphatic rings. The predicted octanol–water partition coefficient (Wildman–Crippen LogP) is 2.93. The molecule has 2 unspecified atom stereocenters. The van der Waals surface area contributed by atoms with Crippen molar-refractivity contribution in [2.75, 3.05) is 11.9 Å². The van der Waals surface area contributed by atoms with Gasteiger partial charge in [-0.3, -0.25) is 0 Å². The highest BCUT2D eigenvalue weighted by atomic mass is 14.9. The molecule has 1 aromatic carbocycles. The second-order valence-electron chi connectivity index (χ2n) is 5.62. The summed E-state index contributed by atoms with van der Waals surface area (Å²) in [4.78, 5) is 0. The number of fused-ring (bicyclic) bond motifs is 1. The number of nitrogens with one attached hydrogen (secondary N) is 2. The van der Waals surface area contributed by atoms with E-state index in [0.717, 1.165) is 25.0 Å². The lowest BCUT2D eigenvalue weighted by molar-refractivity contribution is 0.502. The van der Waals surface area contributed by atoms with Crippen LogP contribution in [0.5, 0.6) is 0 Å². The van der Waals surface area contributed by atoms with E-state index in [1.54, 1.807) is 0 Å². The molecule has 0 radical (unpaired) electrons. The van der Waals surface area contributed by atoms with Crippen molar-refractivity contribution in [2.45, 2.75) is 45.2 Å². The molecular weight excluding hydrogens is 208 g/mol. The molecule has 2 nitrogen and oxygen atoms in total. The molecule has 92 valence electrons. The summed E-state index contributed by atoms with van der Waals surface area (Å²) in [5.74, 6) is 0.909. The normalized spacial score (nSPS) is 26.9. The zero-order chi connectivity index (χ0) is 11.7. The zero-order valence-electron chi connectivity index (χ0n) is 10.6. The van der Waals surface area contributed by atoms with E-state index in [2.05, 4.69) is 35.8 Å². The largest absolute Gasteiger partial charge is 0.384 e. The number of hydrogen-bond acceptors (Lipinski definition) is 2. The Morgan fingerprint density at radius 2 is 2.29 bits per heavy atom. The smallest absolute Gasteiger partial charge is 0.0419 e. The summed E-state index contributed by atoms with van der Waals surface area (Å²) in [5.41, 5.74) is 4.33. The second-order valence-corrected chi connectivity index (χ2v) is 5.62. The number of benzene rings is 1. The highest BCUT2D eigenvalue weighted by molar-refractivity contribution is 5.61. The van der Waals surface area contributed by atoms with Gasteiger partial charge in [-0.25, -0.2) is 0 Å². The Hall–Kier alpha value is -1.02. The van der Waals surface area contributed by atoms with E-state index in [4.69, 9.17) is 0 Å². The third-order valence-electron chi connectivity index (χ3n) is 4.21. The molecule has 2 atom stereocenters. The lowest BCUT2D eigenvalue weighted by Gasteiger charge is -2.14. The molecule has 0 aromatic heterocycles. The van der Waals surface area contributed by atoms with Crippen LogP contribution in [0.25, 0.3) is 0 Å². The van der Waals surface area contributed by atoms with Gasteiger partial charge in [0, 0.05) is 24.8 Å². The van der Waals surface area contributed by atoms with E-state index >= 15 is 0 Å². The number of hydrogen-bond donors (Lipinski definition) is 2. The maximum atomic E-state index is 3.72. The first-order chi connectivity index (χ1) is 8.33. The van der Waals surface area contributed by atoms with Crippen LogP contribution >= 0.6 is 0 Å². The Morgan fingerprint density at radius 3 is 3.12 bits per heavy atom. The van der Waals surface area contributed by atoms with Crippen LogP contribution in [0.1, 0.15) is 37.3 Å². The minimum absolute atomic E-state index is 0.738. The maximum Gasteiger partial charge on any atom is 0.0419 e. The van der Waals surface area contributed by atoms with E-state index in [0.29, 0.717) is 0 Å². The van der Waals surface area contributed by atoms with Gasteiger partial charge in [0.25, 0.3) is 0 Å². The molecule has 1 heterocycles. The van der Waals surface area contributed by atoms with E-state index in [1.165, 1.54) is 42.5 Å². The van der Waals surface area contributed by atoms with Crippen molar-refractivity contribution >= 4 is 5.69 Å². The summed E-state index contributed by atoms with van der Waals surface area (Å²) in [6.45, 7) is 4.49. The summed E-state index contributed by atoms with van der Waals surface area (Å²) < 4.78 is 0. The van der Waals surface area contributed by atoms with Gasteiger partial charge < -0.3 is 10.6 Å². The topological polar surface area (TPSA) is 24.1 Å². The summed E-state index contributed by atoms with van der Waals surface area (Å²) >= 11 is 0. The average molecular weight is 230 g/mol. The molecule has 17 heavy (non-hydrogen) atoms. The second kappa shape index (κ2) is 4.69. The Labute approximate surface area is 104 Å². The quantitative estimate of drug-likeness (QED) is 0.834. The monoisotopic (exact) mass is 230 g/mol. The fraction of sp³-hybridized carbons (Fsp3) is 0.600.